The Morgan fingerprint density at radius 1 is 0.365 bits per heavy atom. The van der Waals surface area contributed by atoms with Gasteiger partial charge in [0.05, 0.1) is 11.9 Å². The zero-order chi connectivity index (χ0) is 34.4. The molecule has 0 spiro atoms. The van der Waals surface area contributed by atoms with Crippen molar-refractivity contribution >= 4 is 60.5 Å². The molecule has 0 radical (unpaired) electrons. The van der Waals surface area contributed by atoms with E-state index in [4.69, 9.17) is 9.40 Å². The first kappa shape index (κ1) is 29.9. The van der Waals surface area contributed by atoms with E-state index in [1.807, 2.05) is 24.4 Å². The van der Waals surface area contributed by atoms with E-state index in [2.05, 4.69) is 175 Å². The van der Waals surface area contributed by atoms with Crippen molar-refractivity contribution in [2.75, 3.05) is 4.90 Å². The number of rotatable bonds is 6. The van der Waals surface area contributed by atoms with Crippen LogP contribution in [0, 0.1) is 0 Å². The van der Waals surface area contributed by atoms with Gasteiger partial charge in [-0.3, -0.25) is 4.98 Å². The third-order valence-corrected chi connectivity index (χ3v) is 10.1. The second-order valence-electron chi connectivity index (χ2n) is 13.2. The van der Waals surface area contributed by atoms with Gasteiger partial charge in [0, 0.05) is 33.4 Å². The van der Waals surface area contributed by atoms with Crippen molar-refractivity contribution in [2.24, 2.45) is 0 Å². The van der Waals surface area contributed by atoms with Crippen LogP contribution in [0.5, 0.6) is 0 Å². The van der Waals surface area contributed by atoms with Gasteiger partial charge in [-0.05, 0) is 98.4 Å². The van der Waals surface area contributed by atoms with E-state index in [-0.39, 0.29) is 0 Å². The number of benzene rings is 8. The van der Waals surface area contributed by atoms with Crippen molar-refractivity contribution in [3.05, 3.63) is 194 Å². The van der Waals surface area contributed by atoms with Gasteiger partial charge >= 0.3 is 0 Å². The monoisotopic (exact) mass is 664 g/mol. The average Bonchev–Trinajstić information content (AvgIpc) is 3.60. The molecule has 0 aliphatic rings. The Labute approximate surface area is 301 Å². The lowest BCUT2D eigenvalue weighted by Crippen LogP contribution is -2.09. The zero-order valence-electron chi connectivity index (χ0n) is 28.3. The molecule has 0 amide bonds. The number of hydrogen-bond acceptors (Lipinski definition) is 3. The Kier molecular flexibility index (Phi) is 7.14. The zero-order valence-corrected chi connectivity index (χ0v) is 28.3. The van der Waals surface area contributed by atoms with Crippen LogP contribution in [0.3, 0.4) is 0 Å². The highest BCUT2D eigenvalue weighted by Crippen LogP contribution is 2.40. The first-order chi connectivity index (χ1) is 25.8. The summed E-state index contributed by atoms with van der Waals surface area (Å²) in [5.41, 5.74) is 11.7. The van der Waals surface area contributed by atoms with Crippen molar-refractivity contribution < 1.29 is 4.42 Å². The average molecular weight is 665 g/mol. The van der Waals surface area contributed by atoms with Gasteiger partial charge in [-0.1, -0.05) is 133 Å². The number of nitrogens with zero attached hydrogens (tertiary/aromatic N) is 2. The van der Waals surface area contributed by atoms with Gasteiger partial charge < -0.3 is 9.32 Å². The summed E-state index contributed by atoms with van der Waals surface area (Å²) in [7, 11) is 0. The Morgan fingerprint density at radius 3 is 1.62 bits per heavy atom. The Balaban J connectivity index is 1.05. The van der Waals surface area contributed by atoms with Crippen molar-refractivity contribution in [1.29, 1.82) is 0 Å². The molecule has 0 atom stereocenters. The van der Waals surface area contributed by atoms with Gasteiger partial charge in [0.2, 0.25) is 0 Å². The van der Waals surface area contributed by atoms with Gasteiger partial charge in [0.15, 0.2) is 5.58 Å². The van der Waals surface area contributed by atoms with E-state index in [1.54, 1.807) is 0 Å². The molecule has 3 heteroatoms. The second-order valence-corrected chi connectivity index (χ2v) is 13.2. The molecule has 0 aliphatic heterocycles. The second kappa shape index (κ2) is 12.4. The Bertz CT molecular complexity index is 2870. The molecule has 0 N–H and O–H groups in total. The number of anilines is 3. The van der Waals surface area contributed by atoms with E-state index >= 15 is 0 Å². The summed E-state index contributed by atoms with van der Waals surface area (Å²) in [6, 6.07) is 67.0. The highest BCUT2D eigenvalue weighted by molar-refractivity contribution is 6.13. The maximum absolute atomic E-state index is 6.04. The van der Waals surface area contributed by atoms with E-state index < -0.39 is 0 Å². The molecule has 3 nitrogen and oxygen atoms in total. The molecule has 0 bridgehead atoms. The number of aromatic nitrogens is 1. The van der Waals surface area contributed by atoms with Crippen LogP contribution in [-0.4, -0.2) is 4.98 Å². The van der Waals surface area contributed by atoms with Crippen molar-refractivity contribution in [3.63, 3.8) is 0 Å². The molecule has 2 heterocycles. The lowest BCUT2D eigenvalue weighted by molar-refractivity contribution is 0.667. The molecule has 2 aromatic heterocycles. The van der Waals surface area contributed by atoms with Crippen LogP contribution in [0.25, 0.3) is 77.0 Å². The van der Waals surface area contributed by atoms with Crippen molar-refractivity contribution in [3.8, 4) is 33.5 Å². The minimum atomic E-state index is 0.798. The minimum Gasteiger partial charge on any atom is -0.454 e. The Morgan fingerprint density at radius 2 is 0.904 bits per heavy atom. The van der Waals surface area contributed by atoms with E-state index in [9.17, 15) is 0 Å². The summed E-state index contributed by atoms with van der Waals surface area (Å²) in [5.74, 6) is 0. The van der Waals surface area contributed by atoms with Crippen LogP contribution < -0.4 is 4.90 Å². The molecular weight excluding hydrogens is 633 g/mol. The minimum absolute atomic E-state index is 0.798. The maximum Gasteiger partial charge on any atom is 0.153 e. The smallest absolute Gasteiger partial charge is 0.153 e. The SMILES string of the molecule is c1ccc(-c2ccc(N(c3ccc(-c4cc5c(cn4)oc4ccccc45)cc3)c3ccc(-c4cc5ccccc5c5ccccc45)cc3)cc2)cc1. The first-order valence-electron chi connectivity index (χ1n) is 17.6. The van der Waals surface area contributed by atoms with E-state index in [0.717, 1.165) is 50.3 Å². The molecule has 0 fully saturated rings. The first-order valence-corrected chi connectivity index (χ1v) is 17.6. The molecule has 10 aromatic rings. The highest BCUT2D eigenvalue weighted by atomic mass is 16.3. The number of fused-ring (bicyclic) bond motifs is 6. The summed E-state index contributed by atoms with van der Waals surface area (Å²) in [6.07, 6.45) is 1.83. The fourth-order valence-corrected chi connectivity index (χ4v) is 7.53. The van der Waals surface area contributed by atoms with Crippen LogP contribution in [0.4, 0.5) is 17.1 Å². The van der Waals surface area contributed by atoms with E-state index in [1.165, 1.54) is 43.8 Å². The molecular formula is C49H32N2O. The summed E-state index contributed by atoms with van der Waals surface area (Å²) >= 11 is 0. The standard InChI is InChI=1S/C49H32N2O/c1-2-10-33(11-3-1)34-18-24-38(25-19-34)51(40-28-22-36(23-29-40)47-31-46-44-16-8-9-17-48(44)52-49(46)32-50-47)39-26-20-35(21-27-39)45-30-37-12-4-5-13-41(37)42-14-6-7-15-43(42)45/h1-32H. The largest absolute Gasteiger partial charge is 0.454 e. The third kappa shape index (κ3) is 5.19. The van der Waals surface area contributed by atoms with Gasteiger partial charge in [0.25, 0.3) is 0 Å². The molecule has 8 aromatic carbocycles. The van der Waals surface area contributed by atoms with Crippen molar-refractivity contribution in [1.82, 2.24) is 4.98 Å². The summed E-state index contributed by atoms with van der Waals surface area (Å²) in [5, 5.41) is 7.23. The summed E-state index contributed by atoms with van der Waals surface area (Å²) < 4.78 is 6.04. The number of hydrogen-bond donors (Lipinski definition) is 0. The fraction of sp³-hybridized carbons (Fsp3) is 0. The summed E-state index contributed by atoms with van der Waals surface area (Å²) in [4.78, 5) is 7.09. The maximum atomic E-state index is 6.04. The molecule has 244 valence electrons. The lowest BCUT2D eigenvalue weighted by atomic mass is 9.93. The quantitative estimate of drug-likeness (QED) is 0.166. The van der Waals surface area contributed by atoms with Crippen LogP contribution in [-0.2, 0) is 0 Å². The Hall–Kier alpha value is -6.97. The van der Waals surface area contributed by atoms with Crippen molar-refractivity contribution in [2.45, 2.75) is 0 Å². The number of para-hydroxylation sites is 1. The molecule has 0 saturated carbocycles. The molecule has 0 saturated heterocycles. The van der Waals surface area contributed by atoms with Crippen LogP contribution >= 0.6 is 0 Å². The number of pyridine rings is 1. The normalized spacial score (nSPS) is 11.5. The van der Waals surface area contributed by atoms with Gasteiger partial charge in [-0.2, -0.15) is 0 Å². The van der Waals surface area contributed by atoms with E-state index in [0.29, 0.717) is 0 Å². The predicted octanol–water partition coefficient (Wildman–Crippen LogP) is 13.8. The van der Waals surface area contributed by atoms with Gasteiger partial charge in [0.1, 0.15) is 5.58 Å². The highest BCUT2D eigenvalue weighted by Gasteiger charge is 2.16. The van der Waals surface area contributed by atoms with Crippen LogP contribution in [0.15, 0.2) is 199 Å². The number of furan rings is 1. The van der Waals surface area contributed by atoms with Crippen LogP contribution in [0.2, 0.25) is 0 Å². The summed E-state index contributed by atoms with van der Waals surface area (Å²) in [6.45, 7) is 0. The topological polar surface area (TPSA) is 29.3 Å². The molecule has 0 aliphatic carbocycles. The van der Waals surface area contributed by atoms with Gasteiger partial charge in [-0.15, -0.1) is 0 Å². The molecule has 52 heavy (non-hydrogen) atoms. The molecule has 0 unspecified atom stereocenters. The predicted molar refractivity (Wildman–Crippen MR) is 218 cm³/mol. The fourth-order valence-electron chi connectivity index (χ4n) is 7.53. The lowest BCUT2D eigenvalue weighted by Gasteiger charge is -2.26. The van der Waals surface area contributed by atoms with Crippen LogP contribution in [0.1, 0.15) is 0 Å². The van der Waals surface area contributed by atoms with Gasteiger partial charge in [-0.25, -0.2) is 0 Å². The molecule has 10 rings (SSSR count). The third-order valence-electron chi connectivity index (χ3n) is 10.1.